The molecule has 20 heavy (non-hydrogen) atoms. The molecule has 0 saturated heterocycles. The van der Waals surface area contributed by atoms with Crippen LogP contribution >= 0.6 is 0 Å². The zero-order valence-electron chi connectivity index (χ0n) is 10.5. The van der Waals surface area contributed by atoms with Crippen molar-refractivity contribution < 1.29 is 17.7 Å². The van der Waals surface area contributed by atoms with Gasteiger partial charge in [-0.05, 0) is 28.3 Å². The van der Waals surface area contributed by atoms with Crippen LogP contribution in [0.15, 0.2) is 54.6 Å². The van der Waals surface area contributed by atoms with Gasteiger partial charge in [-0.25, -0.2) is 0 Å². The van der Waals surface area contributed by atoms with Gasteiger partial charge in [0.05, 0.1) is 0 Å². The highest BCUT2D eigenvalue weighted by Gasteiger charge is 2.13. The molecule has 3 rings (SSSR count). The van der Waals surface area contributed by atoms with E-state index in [-0.39, 0.29) is 5.75 Å². The number of benzene rings is 3. The summed E-state index contributed by atoms with van der Waals surface area (Å²) in [6.45, 7) is 0. The molecule has 0 aliphatic heterocycles. The smallest absolute Gasteiger partial charge is 0.333 e. The van der Waals surface area contributed by atoms with Crippen LogP contribution in [0.5, 0.6) is 5.75 Å². The van der Waals surface area contributed by atoms with Gasteiger partial charge in [0.1, 0.15) is 0 Å². The van der Waals surface area contributed by atoms with Gasteiger partial charge in [-0.2, -0.15) is 8.42 Å². The van der Waals surface area contributed by atoms with Gasteiger partial charge < -0.3 is 9.29 Å². The van der Waals surface area contributed by atoms with E-state index in [1.807, 2.05) is 42.5 Å². The second kappa shape index (κ2) is 4.77. The van der Waals surface area contributed by atoms with Crippen molar-refractivity contribution >= 4 is 31.7 Å². The molecule has 0 amide bonds. The first kappa shape index (κ1) is 12.9. The van der Waals surface area contributed by atoms with E-state index in [0.29, 0.717) is 5.39 Å². The SMILES string of the molecule is O=S(=O)(CO)Oc1cccc2c1ccc1ccccc12. The van der Waals surface area contributed by atoms with Crippen LogP contribution in [0.25, 0.3) is 21.5 Å². The average molecular weight is 288 g/mol. The molecule has 0 heterocycles. The predicted octanol–water partition coefficient (Wildman–Crippen LogP) is 2.65. The Morgan fingerprint density at radius 3 is 2.40 bits per heavy atom. The van der Waals surface area contributed by atoms with Crippen molar-refractivity contribution in [3.8, 4) is 5.75 Å². The lowest BCUT2D eigenvalue weighted by atomic mass is 10.0. The number of aliphatic hydroxyl groups is 1. The first-order valence-corrected chi connectivity index (χ1v) is 7.62. The lowest BCUT2D eigenvalue weighted by Gasteiger charge is -2.09. The summed E-state index contributed by atoms with van der Waals surface area (Å²) >= 11 is 0. The Bertz CT molecular complexity index is 885. The van der Waals surface area contributed by atoms with E-state index in [0.717, 1.165) is 16.2 Å². The molecule has 0 saturated carbocycles. The van der Waals surface area contributed by atoms with Crippen molar-refractivity contribution in [2.24, 2.45) is 0 Å². The molecule has 0 fully saturated rings. The van der Waals surface area contributed by atoms with Crippen LogP contribution in [0.2, 0.25) is 0 Å². The number of rotatable bonds is 3. The summed E-state index contributed by atoms with van der Waals surface area (Å²) < 4.78 is 27.7. The van der Waals surface area contributed by atoms with Crippen LogP contribution in [0.3, 0.4) is 0 Å². The minimum Gasteiger partial charge on any atom is -0.380 e. The summed E-state index contributed by atoms with van der Waals surface area (Å²) in [4.78, 5) is 0. The molecule has 5 heteroatoms. The van der Waals surface area contributed by atoms with E-state index < -0.39 is 16.1 Å². The third-order valence-electron chi connectivity index (χ3n) is 3.12. The molecular weight excluding hydrogens is 276 g/mol. The topological polar surface area (TPSA) is 63.6 Å². The van der Waals surface area contributed by atoms with Gasteiger partial charge in [-0.15, -0.1) is 0 Å². The number of hydrogen-bond acceptors (Lipinski definition) is 4. The lowest BCUT2D eigenvalue weighted by molar-refractivity contribution is 0.338. The Morgan fingerprint density at radius 2 is 1.60 bits per heavy atom. The maximum Gasteiger partial charge on any atom is 0.333 e. The van der Waals surface area contributed by atoms with Gasteiger partial charge in [0, 0.05) is 5.39 Å². The standard InChI is InChI=1S/C15H12O4S/c16-10-20(17,18)19-15-7-3-6-13-12-5-2-1-4-11(12)8-9-14(13)15/h1-9,16H,10H2. The van der Waals surface area contributed by atoms with Gasteiger partial charge in [-0.1, -0.05) is 42.5 Å². The fraction of sp³-hybridized carbons (Fsp3) is 0.0667. The van der Waals surface area contributed by atoms with Crippen molar-refractivity contribution in [3.05, 3.63) is 54.6 Å². The molecular formula is C15H12O4S. The number of aliphatic hydroxyl groups excluding tert-OH is 1. The minimum atomic E-state index is -3.96. The van der Waals surface area contributed by atoms with Crippen molar-refractivity contribution in [2.75, 3.05) is 5.94 Å². The molecule has 0 atom stereocenters. The number of hydrogen-bond donors (Lipinski definition) is 1. The van der Waals surface area contributed by atoms with Gasteiger partial charge in [0.2, 0.25) is 0 Å². The predicted molar refractivity (Wildman–Crippen MR) is 78.1 cm³/mol. The summed E-state index contributed by atoms with van der Waals surface area (Å²) in [6, 6.07) is 16.8. The van der Waals surface area contributed by atoms with E-state index in [1.165, 1.54) is 0 Å². The van der Waals surface area contributed by atoms with Crippen LogP contribution in [0, 0.1) is 0 Å². The second-order valence-corrected chi connectivity index (χ2v) is 5.95. The highest BCUT2D eigenvalue weighted by molar-refractivity contribution is 7.86. The molecule has 0 spiro atoms. The van der Waals surface area contributed by atoms with Crippen molar-refractivity contribution in [1.29, 1.82) is 0 Å². The van der Waals surface area contributed by atoms with Crippen LogP contribution in [0.1, 0.15) is 0 Å². The van der Waals surface area contributed by atoms with Gasteiger partial charge in [-0.3, -0.25) is 0 Å². The van der Waals surface area contributed by atoms with Crippen LogP contribution in [-0.2, 0) is 10.1 Å². The van der Waals surface area contributed by atoms with Crippen LogP contribution in [-0.4, -0.2) is 19.5 Å². The molecule has 0 radical (unpaired) electrons. The molecule has 0 aliphatic rings. The fourth-order valence-electron chi connectivity index (χ4n) is 2.25. The first-order valence-electron chi connectivity index (χ1n) is 6.04. The zero-order chi connectivity index (χ0) is 14.2. The summed E-state index contributed by atoms with van der Waals surface area (Å²) in [5.41, 5.74) is 0. The average Bonchev–Trinajstić information content (AvgIpc) is 2.47. The highest BCUT2D eigenvalue weighted by Crippen LogP contribution is 2.32. The number of fused-ring (bicyclic) bond motifs is 3. The highest BCUT2D eigenvalue weighted by atomic mass is 32.2. The van der Waals surface area contributed by atoms with E-state index in [9.17, 15) is 8.42 Å². The molecule has 0 bridgehead atoms. The van der Waals surface area contributed by atoms with Gasteiger partial charge in [0.15, 0.2) is 11.7 Å². The summed E-state index contributed by atoms with van der Waals surface area (Å²) in [5.74, 6) is -0.820. The fourth-order valence-corrected chi connectivity index (χ4v) is 2.72. The normalized spacial score (nSPS) is 11.8. The molecule has 3 aromatic carbocycles. The molecule has 4 nitrogen and oxygen atoms in total. The van der Waals surface area contributed by atoms with Gasteiger partial charge >= 0.3 is 10.1 Å². The monoisotopic (exact) mass is 288 g/mol. The van der Waals surface area contributed by atoms with E-state index in [2.05, 4.69) is 0 Å². The summed E-state index contributed by atoms with van der Waals surface area (Å²) in [7, 11) is -3.96. The van der Waals surface area contributed by atoms with Crippen molar-refractivity contribution in [1.82, 2.24) is 0 Å². The Kier molecular flexibility index (Phi) is 3.08. The molecule has 0 aromatic heterocycles. The summed E-state index contributed by atoms with van der Waals surface area (Å²) in [6.07, 6.45) is 0. The zero-order valence-corrected chi connectivity index (χ0v) is 11.3. The van der Waals surface area contributed by atoms with Crippen LogP contribution in [0.4, 0.5) is 0 Å². The third kappa shape index (κ3) is 2.21. The Labute approximate surface area is 116 Å². The van der Waals surface area contributed by atoms with E-state index >= 15 is 0 Å². The Morgan fingerprint density at radius 1 is 0.850 bits per heavy atom. The second-order valence-electron chi connectivity index (χ2n) is 4.41. The van der Waals surface area contributed by atoms with E-state index in [4.69, 9.17) is 9.29 Å². The molecule has 3 aromatic rings. The van der Waals surface area contributed by atoms with Crippen molar-refractivity contribution in [2.45, 2.75) is 0 Å². The Hall–Kier alpha value is -2.11. The van der Waals surface area contributed by atoms with Crippen molar-refractivity contribution in [3.63, 3.8) is 0 Å². The molecule has 0 unspecified atom stereocenters. The largest absolute Gasteiger partial charge is 0.380 e. The quantitative estimate of drug-likeness (QED) is 0.594. The van der Waals surface area contributed by atoms with Crippen LogP contribution < -0.4 is 4.18 Å². The van der Waals surface area contributed by atoms with E-state index in [1.54, 1.807) is 12.1 Å². The minimum absolute atomic E-state index is 0.224. The maximum atomic E-state index is 11.4. The molecule has 102 valence electrons. The maximum absolute atomic E-state index is 11.4. The lowest BCUT2D eigenvalue weighted by Crippen LogP contribution is -2.13. The first-order chi connectivity index (χ1) is 9.61. The Balaban J connectivity index is 2.28. The molecule has 0 aliphatic carbocycles. The summed E-state index contributed by atoms with van der Waals surface area (Å²) in [5, 5.41) is 12.5. The van der Waals surface area contributed by atoms with Gasteiger partial charge in [0.25, 0.3) is 0 Å². The molecule has 1 N–H and O–H groups in total. The third-order valence-corrected chi connectivity index (χ3v) is 3.87.